The number of nitrogens with one attached hydrogen (secondary N) is 1. The first-order valence-electron chi connectivity index (χ1n) is 12.2. The van der Waals surface area contributed by atoms with E-state index in [1.54, 1.807) is 0 Å². The quantitative estimate of drug-likeness (QED) is 0.329. The zero-order valence-corrected chi connectivity index (χ0v) is 20.9. The predicted octanol–water partition coefficient (Wildman–Crippen LogP) is 5.90. The third kappa shape index (κ3) is 4.14. The number of anilines is 1. The van der Waals surface area contributed by atoms with Gasteiger partial charge in [-0.15, -0.1) is 0 Å². The third-order valence-corrected chi connectivity index (χ3v) is 6.82. The largest absolute Gasteiger partial charge is 0.305 e. The Bertz CT molecular complexity index is 1790. The monoisotopic (exact) mass is 486 g/mol. The Morgan fingerprint density at radius 3 is 2.46 bits per heavy atom. The second-order valence-electron chi connectivity index (χ2n) is 9.23. The Labute approximate surface area is 214 Å². The summed E-state index contributed by atoms with van der Waals surface area (Å²) in [4.78, 5) is 18.4. The highest BCUT2D eigenvalue weighted by Crippen LogP contribution is 2.29. The summed E-state index contributed by atoms with van der Waals surface area (Å²) < 4.78 is 3.68. The summed E-state index contributed by atoms with van der Waals surface area (Å²) in [5.41, 5.74) is 6.03. The molecule has 3 aromatic heterocycles. The molecule has 1 N–H and O–H groups in total. The lowest BCUT2D eigenvalue weighted by molar-refractivity contribution is 0.102. The molecular weight excluding hydrogens is 460 g/mol. The lowest BCUT2D eigenvalue weighted by atomic mass is 10.0. The zero-order valence-electron chi connectivity index (χ0n) is 20.9. The smallest absolute Gasteiger partial charge is 0.257 e. The van der Waals surface area contributed by atoms with Crippen molar-refractivity contribution in [1.29, 1.82) is 0 Å². The van der Waals surface area contributed by atoms with E-state index in [-0.39, 0.29) is 5.91 Å². The molecule has 0 aliphatic heterocycles. The minimum atomic E-state index is -0.227. The molecule has 0 unspecified atom stereocenters. The lowest BCUT2D eigenvalue weighted by Gasteiger charge is -2.10. The van der Waals surface area contributed by atoms with Crippen molar-refractivity contribution in [2.24, 2.45) is 7.05 Å². The molecule has 0 saturated heterocycles. The molecule has 0 radical (unpaired) electrons. The molecule has 6 rings (SSSR count). The first-order valence-corrected chi connectivity index (χ1v) is 12.2. The van der Waals surface area contributed by atoms with Crippen LogP contribution in [0.15, 0.2) is 85.1 Å². The summed E-state index contributed by atoms with van der Waals surface area (Å²) in [6.45, 7) is 4.58. The number of hydrogen-bond acceptors (Lipinski definition) is 4. The molecule has 7 nitrogen and oxygen atoms in total. The van der Waals surface area contributed by atoms with Gasteiger partial charge in [0.05, 0.1) is 29.0 Å². The summed E-state index contributed by atoms with van der Waals surface area (Å²) >= 11 is 0. The number of benzene rings is 3. The molecule has 7 heteroatoms. The topological polar surface area (TPSA) is 77.6 Å². The van der Waals surface area contributed by atoms with E-state index in [0.29, 0.717) is 17.9 Å². The van der Waals surface area contributed by atoms with Crippen LogP contribution in [0.2, 0.25) is 0 Å². The molecule has 0 fully saturated rings. The van der Waals surface area contributed by atoms with Crippen LogP contribution in [0.3, 0.4) is 0 Å². The number of rotatable bonds is 5. The maximum Gasteiger partial charge on any atom is 0.257 e. The van der Waals surface area contributed by atoms with Crippen LogP contribution in [0.4, 0.5) is 5.82 Å². The molecule has 182 valence electrons. The maximum absolute atomic E-state index is 13.5. The number of fused-ring (bicyclic) bond motifs is 2. The fraction of sp³-hybridized carbons (Fsp3) is 0.133. The molecule has 37 heavy (non-hydrogen) atoms. The van der Waals surface area contributed by atoms with Crippen molar-refractivity contribution in [3.05, 3.63) is 108 Å². The Kier molecular flexibility index (Phi) is 5.53. The van der Waals surface area contributed by atoms with E-state index in [1.807, 2.05) is 85.0 Å². The molecule has 0 atom stereocenters. The van der Waals surface area contributed by atoms with Crippen LogP contribution in [0, 0.1) is 13.8 Å². The van der Waals surface area contributed by atoms with Gasteiger partial charge in [0.15, 0.2) is 5.82 Å². The number of amides is 1. The highest BCUT2D eigenvalue weighted by atomic mass is 16.1. The molecule has 0 aliphatic rings. The lowest BCUT2D eigenvalue weighted by Crippen LogP contribution is -2.14. The fourth-order valence-electron chi connectivity index (χ4n) is 4.94. The molecule has 6 aromatic rings. The third-order valence-electron chi connectivity index (χ3n) is 6.82. The Hall–Kier alpha value is -4.78. The highest BCUT2D eigenvalue weighted by molar-refractivity contribution is 6.12. The van der Waals surface area contributed by atoms with Crippen molar-refractivity contribution < 1.29 is 4.79 Å². The number of aryl methyl sites for hydroxylation is 2. The van der Waals surface area contributed by atoms with Crippen molar-refractivity contribution in [2.75, 3.05) is 5.32 Å². The van der Waals surface area contributed by atoms with Crippen LogP contribution in [0.1, 0.15) is 27.3 Å². The van der Waals surface area contributed by atoms with Gasteiger partial charge < -0.3 is 5.32 Å². The summed E-state index contributed by atoms with van der Waals surface area (Å²) in [7, 11) is 1.91. The average molecular weight is 487 g/mol. The van der Waals surface area contributed by atoms with E-state index in [9.17, 15) is 4.79 Å². The Balaban J connectivity index is 1.32. The minimum absolute atomic E-state index is 0.227. The van der Waals surface area contributed by atoms with Gasteiger partial charge in [-0.05, 0) is 42.3 Å². The summed E-state index contributed by atoms with van der Waals surface area (Å²) in [5, 5.41) is 15.3. The number of nitrogens with zero attached hydrogens (tertiary/aromatic N) is 5. The van der Waals surface area contributed by atoms with Gasteiger partial charge in [-0.3, -0.25) is 14.2 Å². The van der Waals surface area contributed by atoms with Crippen LogP contribution in [-0.2, 0) is 13.6 Å². The molecule has 0 saturated carbocycles. The number of aromatic nitrogens is 5. The van der Waals surface area contributed by atoms with Gasteiger partial charge in [0.25, 0.3) is 5.91 Å². The fourth-order valence-corrected chi connectivity index (χ4v) is 4.94. The van der Waals surface area contributed by atoms with E-state index in [2.05, 4.69) is 45.8 Å². The van der Waals surface area contributed by atoms with Crippen molar-refractivity contribution >= 4 is 33.4 Å². The van der Waals surface area contributed by atoms with Crippen LogP contribution in [0.5, 0.6) is 0 Å². The number of carbonyl (C=O) groups is 1. The number of carbonyl (C=O) groups excluding carboxylic acids is 1. The number of hydrogen-bond donors (Lipinski definition) is 1. The summed E-state index contributed by atoms with van der Waals surface area (Å²) in [6.07, 6.45) is 1.88. The SMILES string of the molecule is Cc1nn(C)c(C)c1-c1cc(C(=O)Nc2ccn(Cc3cccc4ccccc34)n2)c2ccccc2n1. The van der Waals surface area contributed by atoms with Crippen molar-refractivity contribution in [3.8, 4) is 11.3 Å². The maximum atomic E-state index is 13.5. The Morgan fingerprint density at radius 1 is 0.892 bits per heavy atom. The van der Waals surface area contributed by atoms with Gasteiger partial charge in [-0.1, -0.05) is 60.7 Å². The van der Waals surface area contributed by atoms with Gasteiger partial charge in [0.2, 0.25) is 0 Å². The molecule has 0 aliphatic carbocycles. The van der Waals surface area contributed by atoms with Gasteiger partial charge >= 0.3 is 0 Å². The van der Waals surface area contributed by atoms with E-state index < -0.39 is 0 Å². The van der Waals surface area contributed by atoms with Crippen LogP contribution in [-0.4, -0.2) is 30.5 Å². The minimum Gasteiger partial charge on any atom is -0.305 e. The van der Waals surface area contributed by atoms with E-state index >= 15 is 0 Å². The molecule has 1 amide bonds. The van der Waals surface area contributed by atoms with Crippen molar-refractivity contribution in [3.63, 3.8) is 0 Å². The van der Waals surface area contributed by atoms with Crippen LogP contribution < -0.4 is 5.32 Å². The Morgan fingerprint density at radius 2 is 1.65 bits per heavy atom. The first-order chi connectivity index (χ1) is 18.0. The highest BCUT2D eigenvalue weighted by Gasteiger charge is 2.19. The standard InChI is InChI=1S/C30H26N6O/c1-19-29(20(2)35(3)33-19)27-17-25(24-13-6-7-14-26(24)31-27)30(37)32-28-15-16-36(34-28)18-22-11-8-10-21-9-4-5-12-23(21)22/h4-17H,18H2,1-3H3,(H,32,34,37). The molecule has 3 heterocycles. The molecule has 3 aromatic carbocycles. The normalized spacial score (nSPS) is 11.3. The predicted molar refractivity (Wildman–Crippen MR) is 147 cm³/mol. The van der Waals surface area contributed by atoms with E-state index in [4.69, 9.17) is 4.98 Å². The second kappa shape index (κ2) is 9.02. The second-order valence-corrected chi connectivity index (χ2v) is 9.23. The number of para-hydroxylation sites is 1. The van der Waals surface area contributed by atoms with Crippen molar-refractivity contribution in [2.45, 2.75) is 20.4 Å². The van der Waals surface area contributed by atoms with Gasteiger partial charge in [-0.2, -0.15) is 10.2 Å². The first kappa shape index (κ1) is 22.7. The van der Waals surface area contributed by atoms with Gasteiger partial charge in [-0.25, -0.2) is 4.98 Å². The van der Waals surface area contributed by atoms with Crippen molar-refractivity contribution in [1.82, 2.24) is 24.5 Å². The van der Waals surface area contributed by atoms with E-state index in [0.717, 1.165) is 33.5 Å². The van der Waals surface area contributed by atoms with Gasteiger partial charge in [0, 0.05) is 36.0 Å². The zero-order chi connectivity index (χ0) is 25.5. The summed E-state index contributed by atoms with van der Waals surface area (Å²) in [6, 6.07) is 25.9. The van der Waals surface area contributed by atoms with Crippen LogP contribution >= 0.6 is 0 Å². The molecular formula is C30H26N6O. The summed E-state index contributed by atoms with van der Waals surface area (Å²) in [5.74, 6) is 0.274. The molecule has 0 bridgehead atoms. The van der Waals surface area contributed by atoms with Crippen LogP contribution in [0.25, 0.3) is 32.9 Å². The average Bonchev–Trinajstić information content (AvgIpc) is 3.45. The van der Waals surface area contributed by atoms with E-state index in [1.165, 1.54) is 16.3 Å². The number of pyridine rings is 1. The molecule has 0 spiro atoms. The van der Waals surface area contributed by atoms with Gasteiger partial charge in [0.1, 0.15) is 0 Å².